The van der Waals surface area contributed by atoms with Crippen LogP contribution in [0.15, 0.2) is 79.0 Å². The van der Waals surface area contributed by atoms with Crippen molar-refractivity contribution in [1.29, 1.82) is 0 Å². The number of pyridine rings is 1. The summed E-state index contributed by atoms with van der Waals surface area (Å²) >= 11 is 0. The number of hydrogen-bond donors (Lipinski definition) is 3. The zero-order valence-corrected chi connectivity index (χ0v) is 45.0. The maximum absolute atomic E-state index is 15.0. The summed E-state index contributed by atoms with van der Waals surface area (Å²) in [6, 6.07) is 20.6. The van der Waals surface area contributed by atoms with E-state index in [1.165, 1.54) is 9.91 Å². The van der Waals surface area contributed by atoms with Crippen molar-refractivity contribution in [2.45, 2.75) is 116 Å². The second kappa shape index (κ2) is 21.0. The Morgan fingerprint density at radius 3 is 2.48 bits per heavy atom. The molecule has 398 valence electrons. The Balaban J connectivity index is 1.05. The summed E-state index contributed by atoms with van der Waals surface area (Å²) in [5.74, 6) is -2.34. The number of ether oxygens (including phenoxy) is 3. The number of benzene rings is 3. The van der Waals surface area contributed by atoms with Gasteiger partial charge in [0.2, 0.25) is 5.91 Å². The molecule has 6 heterocycles. The van der Waals surface area contributed by atoms with E-state index >= 15 is 4.79 Å². The number of piperazine rings is 1. The van der Waals surface area contributed by atoms with Gasteiger partial charge in [-0.05, 0) is 104 Å². The quantitative estimate of drug-likeness (QED) is 0.118. The Labute approximate surface area is 440 Å². The van der Waals surface area contributed by atoms with Crippen LogP contribution < -0.4 is 15.6 Å². The number of carbonyl (C=O) groups excluding carboxylic acids is 4. The predicted octanol–water partition coefficient (Wildman–Crippen LogP) is 6.87. The monoisotopic (exact) mass is 1020 g/mol. The Morgan fingerprint density at radius 2 is 1.76 bits per heavy atom. The Kier molecular flexibility index (Phi) is 14.6. The minimum absolute atomic E-state index is 0.00646. The molecule has 5 aliphatic rings. The molecule has 3 amide bonds. The van der Waals surface area contributed by atoms with Gasteiger partial charge in [0.15, 0.2) is 0 Å². The van der Waals surface area contributed by atoms with Crippen LogP contribution in [0.4, 0.5) is 5.69 Å². The fraction of sp³-hybridized carbons (Fsp3) is 0.508. The lowest BCUT2D eigenvalue weighted by Gasteiger charge is -2.34. The van der Waals surface area contributed by atoms with Crippen molar-refractivity contribution in [3.8, 4) is 28.1 Å². The Hall–Kier alpha value is -6.33. The molecule has 4 aliphatic heterocycles. The van der Waals surface area contributed by atoms with Crippen LogP contribution in [0, 0.1) is 17.3 Å². The number of phenols is 1. The first-order valence-electron chi connectivity index (χ1n) is 26.9. The van der Waals surface area contributed by atoms with E-state index in [1.54, 1.807) is 26.3 Å². The third kappa shape index (κ3) is 10.3. The lowest BCUT2D eigenvalue weighted by molar-refractivity contribution is -0.151. The van der Waals surface area contributed by atoms with Crippen LogP contribution in [0.3, 0.4) is 0 Å². The zero-order chi connectivity index (χ0) is 53.0. The molecule has 3 N–H and O–H groups in total. The fourth-order valence-corrected chi connectivity index (χ4v) is 12.2. The predicted molar refractivity (Wildman–Crippen MR) is 288 cm³/mol. The van der Waals surface area contributed by atoms with Crippen molar-refractivity contribution in [2.24, 2.45) is 17.3 Å². The molecule has 3 aromatic carbocycles. The molecule has 2 aromatic heterocycles. The molecular formula is C59H74N8O8. The van der Waals surface area contributed by atoms with Crippen molar-refractivity contribution in [3.63, 3.8) is 0 Å². The molecule has 75 heavy (non-hydrogen) atoms. The van der Waals surface area contributed by atoms with Gasteiger partial charge in [-0.25, -0.2) is 5.43 Å². The van der Waals surface area contributed by atoms with Crippen LogP contribution in [0.5, 0.6) is 5.75 Å². The number of aromatic hydroxyl groups is 1. The number of aryl methyl sites for hydroxylation is 1. The molecule has 10 rings (SSSR count). The molecule has 1 aliphatic carbocycles. The number of methoxy groups -OCH3 is 1. The van der Waals surface area contributed by atoms with Crippen LogP contribution in [0.1, 0.15) is 88.8 Å². The summed E-state index contributed by atoms with van der Waals surface area (Å²) in [4.78, 5) is 69.8. The SMILES string of the molecule is CCn1c(-c2cc(N3CCN(C)CC3)cnc2[C@H](C)OC)c2c3cc(ccc31)-c1cc(O)cc(c1)C[C@H](NC(=O)[C@H](C(C)C)N(C)C(=O)[C@@H]1OCC[C@@H]1c1ccccc1)C(=O)N1N[C@@H](C(=O)OCC(C)(C)C2)C2CC21. The van der Waals surface area contributed by atoms with E-state index in [9.17, 15) is 19.5 Å². The summed E-state index contributed by atoms with van der Waals surface area (Å²) in [6.45, 7) is 17.0. The van der Waals surface area contributed by atoms with Crippen LogP contribution in [0.2, 0.25) is 0 Å². The summed E-state index contributed by atoms with van der Waals surface area (Å²) < 4.78 is 20.7. The first kappa shape index (κ1) is 52.1. The van der Waals surface area contributed by atoms with Crippen LogP contribution in [-0.2, 0) is 52.8 Å². The van der Waals surface area contributed by atoms with E-state index in [1.807, 2.05) is 63.4 Å². The number of likely N-dealkylation sites (N-methyl/N-ethyl adjacent to an activating group) is 2. The van der Waals surface area contributed by atoms with Crippen molar-refractivity contribution < 1.29 is 38.5 Å². The molecule has 4 fully saturated rings. The molecule has 0 spiro atoms. The van der Waals surface area contributed by atoms with Crippen LogP contribution in [0.25, 0.3) is 33.3 Å². The number of carbonyl (C=O) groups is 4. The highest BCUT2D eigenvalue weighted by molar-refractivity contribution is 5.97. The summed E-state index contributed by atoms with van der Waals surface area (Å²) in [6.07, 6.45) is 2.71. The van der Waals surface area contributed by atoms with E-state index in [0.717, 1.165) is 82.0 Å². The number of cyclic esters (lactones) is 1. The van der Waals surface area contributed by atoms with Gasteiger partial charge in [-0.1, -0.05) is 70.2 Å². The number of anilines is 1. The number of aromatic nitrogens is 2. The summed E-state index contributed by atoms with van der Waals surface area (Å²) in [5.41, 5.74) is 11.8. The number of nitrogens with one attached hydrogen (secondary N) is 2. The highest BCUT2D eigenvalue weighted by atomic mass is 16.5. The normalized spacial score (nSPS) is 24.7. The molecule has 8 atom stereocenters. The van der Waals surface area contributed by atoms with Crippen LogP contribution >= 0.6 is 0 Å². The molecule has 3 saturated heterocycles. The number of fused-ring (bicyclic) bond motifs is 9. The molecule has 16 nitrogen and oxygen atoms in total. The molecule has 5 aromatic rings. The molecular weight excluding hydrogens is 949 g/mol. The number of amides is 3. The largest absolute Gasteiger partial charge is 0.508 e. The molecule has 1 saturated carbocycles. The first-order valence-corrected chi connectivity index (χ1v) is 26.9. The summed E-state index contributed by atoms with van der Waals surface area (Å²) in [7, 11) is 5.48. The second-order valence-electron chi connectivity index (χ2n) is 22.7. The minimum Gasteiger partial charge on any atom is -0.508 e. The number of phenolic OH excluding ortho intramolecular Hbond substituents is 1. The van der Waals surface area contributed by atoms with Gasteiger partial charge < -0.3 is 43.9 Å². The average Bonchev–Trinajstić information content (AvgIpc) is 3.69. The van der Waals surface area contributed by atoms with Crippen LogP contribution in [-0.4, -0.2) is 144 Å². The maximum atomic E-state index is 15.0. The van der Waals surface area contributed by atoms with Gasteiger partial charge in [0.1, 0.15) is 30.0 Å². The van der Waals surface area contributed by atoms with Gasteiger partial charge in [-0.2, -0.15) is 0 Å². The van der Waals surface area contributed by atoms with E-state index in [-0.39, 0.29) is 54.6 Å². The number of rotatable bonds is 11. The summed E-state index contributed by atoms with van der Waals surface area (Å²) in [5, 5.41) is 17.1. The van der Waals surface area contributed by atoms with Crippen molar-refractivity contribution >= 4 is 40.3 Å². The van der Waals surface area contributed by atoms with Gasteiger partial charge in [0.05, 0.1) is 42.0 Å². The minimum atomic E-state index is -1.15. The second-order valence-corrected chi connectivity index (χ2v) is 22.7. The van der Waals surface area contributed by atoms with E-state index in [4.69, 9.17) is 19.2 Å². The third-order valence-electron chi connectivity index (χ3n) is 16.4. The molecule has 2 unspecified atom stereocenters. The standard InChI is InChI=1S/C59H74N8O8/c1-10-66-48-17-16-38-28-43(48)46(53(66)45-29-40(32-60-50(45)35(4)73-9)65-21-19-63(7)20-22-65)31-59(5,6)33-75-58(72)51-44-30-49(44)67(62-51)56(70)47(26-36-24-39(38)27-41(68)25-36)61-55(69)52(34(2)3)64(8)57(71)54-42(18-23-74-54)37-14-12-11-13-15-37/h11-17,24-25,27-29,32,34-35,42,44,47,49,51-52,54,62,68H,10,18-23,26,30-31,33H2,1-9H3,(H,61,69)/t35-,42+,44?,47-,49?,51+,52-,54+/m0/s1. The van der Waals surface area contributed by atoms with E-state index in [0.29, 0.717) is 38.0 Å². The van der Waals surface area contributed by atoms with Gasteiger partial charge in [0, 0.05) is 93.6 Å². The van der Waals surface area contributed by atoms with E-state index < -0.39 is 47.4 Å². The van der Waals surface area contributed by atoms with Gasteiger partial charge >= 0.3 is 5.97 Å². The average molecular weight is 1020 g/mol. The maximum Gasteiger partial charge on any atom is 0.325 e. The van der Waals surface area contributed by atoms with Crippen molar-refractivity contribution in [3.05, 3.63) is 101 Å². The topological polar surface area (TPSA) is 171 Å². The lowest BCUT2D eigenvalue weighted by Crippen LogP contribution is -2.59. The van der Waals surface area contributed by atoms with E-state index in [2.05, 4.69) is 77.2 Å². The number of hydrogen-bond acceptors (Lipinski definition) is 12. The van der Waals surface area contributed by atoms with Gasteiger partial charge in [0.25, 0.3) is 11.8 Å². The highest BCUT2D eigenvalue weighted by Crippen LogP contribution is 2.46. The number of nitrogens with zero attached hydrogens (tertiary/aromatic N) is 6. The molecule has 16 heteroatoms. The van der Waals surface area contributed by atoms with Crippen molar-refractivity contribution in [2.75, 3.05) is 65.5 Å². The Bertz CT molecular complexity index is 2970. The van der Waals surface area contributed by atoms with Crippen molar-refractivity contribution in [1.82, 2.24) is 35.1 Å². The molecule has 0 radical (unpaired) electrons. The smallest absolute Gasteiger partial charge is 0.325 e. The van der Waals surface area contributed by atoms with Gasteiger partial charge in [-0.3, -0.25) is 29.2 Å². The fourth-order valence-electron chi connectivity index (χ4n) is 12.2. The first-order chi connectivity index (χ1) is 35.9. The highest BCUT2D eigenvalue weighted by Gasteiger charge is 2.59. The third-order valence-corrected chi connectivity index (χ3v) is 16.4. The molecule has 6 bridgehead atoms. The number of hydrazine groups is 1. The van der Waals surface area contributed by atoms with Gasteiger partial charge in [-0.15, -0.1) is 0 Å². The zero-order valence-electron chi connectivity index (χ0n) is 45.0. The number of esters is 1. The Morgan fingerprint density at radius 1 is 1.00 bits per heavy atom. The lowest BCUT2D eigenvalue weighted by atomic mass is 9.84.